The van der Waals surface area contributed by atoms with Crippen LogP contribution in [0.1, 0.15) is 20.7 Å². The van der Waals surface area contributed by atoms with Crippen molar-refractivity contribution >= 4 is 27.9 Å². The zero-order valence-corrected chi connectivity index (χ0v) is 10.7. The Morgan fingerprint density at radius 1 is 0.889 bits per heavy atom. The van der Waals surface area contributed by atoms with Crippen LogP contribution in [0.25, 0.3) is 0 Å². The maximum absolute atomic E-state index is 13.7. The third kappa shape index (κ3) is 2.20. The summed E-state index contributed by atoms with van der Waals surface area (Å²) in [5.41, 5.74) is -2.18. The second kappa shape index (κ2) is 5.38. The van der Waals surface area contributed by atoms with Gasteiger partial charge in [0, 0.05) is 0 Å². The Morgan fingerprint density at radius 2 is 1.28 bits per heavy atom. The highest BCUT2D eigenvalue weighted by molar-refractivity contribution is 9.10. The summed E-state index contributed by atoms with van der Waals surface area (Å²) in [6.45, 7) is 0. The molecule has 0 atom stereocenters. The summed E-state index contributed by atoms with van der Waals surface area (Å²) in [5.74, 6) is -7.50. The highest BCUT2D eigenvalue weighted by atomic mass is 79.9. The first-order valence-corrected chi connectivity index (χ1v) is 5.18. The van der Waals surface area contributed by atoms with Gasteiger partial charge in [0.15, 0.2) is 17.5 Å². The molecule has 18 heavy (non-hydrogen) atoms. The molecule has 8 heteroatoms. The molecule has 1 aromatic carbocycles. The number of esters is 2. The minimum atomic E-state index is -1.70. The van der Waals surface area contributed by atoms with E-state index in [1.54, 1.807) is 0 Å². The Morgan fingerprint density at radius 3 is 1.67 bits per heavy atom. The van der Waals surface area contributed by atoms with Gasteiger partial charge in [-0.3, -0.25) is 0 Å². The summed E-state index contributed by atoms with van der Waals surface area (Å²) in [6, 6.07) is 0. The van der Waals surface area contributed by atoms with Gasteiger partial charge in [0.25, 0.3) is 0 Å². The number of rotatable bonds is 2. The molecule has 0 saturated heterocycles. The van der Waals surface area contributed by atoms with Gasteiger partial charge in [0.05, 0.1) is 18.7 Å². The standard InChI is InChI=1S/C10H6BrF3O4/c1-17-9(15)3-4(10(16)18-2)7(13)8(14)5(11)6(3)12/h1-2H3. The lowest BCUT2D eigenvalue weighted by atomic mass is 10.1. The van der Waals surface area contributed by atoms with Crippen molar-refractivity contribution in [1.82, 2.24) is 0 Å². The highest BCUT2D eigenvalue weighted by Crippen LogP contribution is 2.30. The zero-order chi connectivity index (χ0) is 14.0. The molecule has 0 fully saturated rings. The fourth-order valence-corrected chi connectivity index (χ4v) is 1.59. The minimum absolute atomic E-state index is 0.876. The van der Waals surface area contributed by atoms with Crippen molar-refractivity contribution in [1.29, 1.82) is 0 Å². The highest BCUT2D eigenvalue weighted by Gasteiger charge is 2.32. The van der Waals surface area contributed by atoms with Crippen molar-refractivity contribution in [3.8, 4) is 0 Å². The summed E-state index contributed by atoms with van der Waals surface area (Å²) >= 11 is 2.43. The maximum Gasteiger partial charge on any atom is 0.341 e. The van der Waals surface area contributed by atoms with Crippen LogP contribution in [0.3, 0.4) is 0 Å². The first-order valence-electron chi connectivity index (χ1n) is 4.39. The smallest absolute Gasteiger partial charge is 0.341 e. The lowest BCUT2D eigenvalue weighted by Gasteiger charge is -2.10. The number of hydrogen-bond acceptors (Lipinski definition) is 4. The first kappa shape index (κ1) is 14.5. The SMILES string of the molecule is COC(=O)c1c(F)c(F)c(Br)c(F)c1C(=O)OC. The Hall–Kier alpha value is -1.57. The lowest BCUT2D eigenvalue weighted by Crippen LogP contribution is -2.18. The molecule has 0 spiro atoms. The summed E-state index contributed by atoms with van der Waals surface area (Å²) in [4.78, 5) is 22.6. The predicted molar refractivity (Wildman–Crippen MR) is 56.7 cm³/mol. The van der Waals surface area contributed by atoms with Gasteiger partial charge < -0.3 is 9.47 Å². The summed E-state index contributed by atoms with van der Waals surface area (Å²) in [7, 11) is 1.78. The molecule has 0 aliphatic carbocycles. The van der Waals surface area contributed by atoms with Crippen LogP contribution >= 0.6 is 15.9 Å². The van der Waals surface area contributed by atoms with E-state index in [0.29, 0.717) is 0 Å². The van der Waals surface area contributed by atoms with E-state index in [0.717, 1.165) is 14.2 Å². The fraction of sp³-hybridized carbons (Fsp3) is 0.200. The summed E-state index contributed by atoms with van der Waals surface area (Å²) in [5, 5.41) is 0. The van der Waals surface area contributed by atoms with Crippen LogP contribution < -0.4 is 0 Å². The molecule has 0 heterocycles. The summed E-state index contributed by atoms with van der Waals surface area (Å²) < 4.78 is 48.0. The van der Waals surface area contributed by atoms with Crippen molar-refractivity contribution in [3.63, 3.8) is 0 Å². The predicted octanol–water partition coefficient (Wildman–Crippen LogP) is 2.44. The molecule has 0 radical (unpaired) electrons. The third-order valence-electron chi connectivity index (χ3n) is 2.05. The lowest BCUT2D eigenvalue weighted by molar-refractivity contribution is 0.0544. The zero-order valence-electron chi connectivity index (χ0n) is 9.14. The van der Waals surface area contributed by atoms with Crippen LogP contribution in [0.2, 0.25) is 0 Å². The number of ether oxygens (including phenoxy) is 2. The number of hydrogen-bond donors (Lipinski definition) is 0. The van der Waals surface area contributed by atoms with Crippen molar-refractivity contribution in [2.24, 2.45) is 0 Å². The molecule has 98 valence electrons. The number of carbonyl (C=O) groups excluding carboxylic acids is 2. The van der Waals surface area contributed by atoms with Crippen LogP contribution in [-0.4, -0.2) is 26.2 Å². The molecule has 0 saturated carbocycles. The van der Waals surface area contributed by atoms with Gasteiger partial charge in [-0.1, -0.05) is 0 Å². The average molecular weight is 327 g/mol. The van der Waals surface area contributed by atoms with Crippen LogP contribution in [0.5, 0.6) is 0 Å². The van der Waals surface area contributed by atoms with Crippen LogP contribution in [0, 0.1) is 17.5 Å². The molecule has 0 N–H and O–H groups in total. The summed E-state index contributed by atoms with van der Waals surface area (Å²) in [6.07, 6.45) is 0. The molecule has 4 nitrogen and oxygen atoms in total. The molecular weight excluding hydrogens is 321 g/mol. The van der Waals surface area contributed by atoms with Crippen molar-refractivity contribution < 1.29 is 32.2 Å². The van der Waals surface area contributed by atoms with E-state index >= 15 is 0 Å². The van der Waals surface area contributed by atoms with Crippen LogP contribution in [0.4, 0.5) is 13.2 Å². The Labute approximate surface area is 108 Å². The molecule has 0 amide bonds. The molecule has 0 bridgehead atoms. The number of halogens is 4. The van der Waals surface area contributed by atoms with Crippen molar-refractivity contribution in [3.05, 3.63) is 33.1 Å². The third-order valence-corrected chi connectivity index (χ3v) is 2.74. The second-order valence-electron chi connectivity index (χ2n) is 2.99. The van der Waals surface area contributed by atoms with E-state index < -0.39 is 45.0 Å². The molecule has 1 rings (SSSR count). The second-order valence-corrected chi connectivity index (χ2v) is 3.78. The minimum Gasteiger partial charge on any atom is -0.465 e. The topological polar surface area (TPSA) is 52.6 Å². The first-order chi connectivity index (χ1) is 8.36. The Kier molecular flexibility index (Phi) is 4.33. The van der Waals surface area contributed by atoms with E-state index in [1.165, 1.54) is 0 Å². The normalized spacial score (nSPS) is 10.1. The molecule has 0 aliphatic rings. The number of methoxy groups -OCH3 is 2. The quantitative estimate of drug-likeness (QED) is 0.476. The van der Waals surface area contributed by atoms with Gasteiger partial charge in [0.1, 0.15) is 11.1 Å². The van der Waals surface area contributed by atoms with Gasteiger partial charge in [-0.2, -0.15) is 0 Å². The fourth-order valence-electron chi connectivity index (χ4n) is 1.22. The van der Waals surface area contributed by atoms with Gasteiger partial charge in [-0.05, 0) is 15.9 Å². The average Bonchev–Trinajstić information content (AvgIpc) is 2.38. The largest absolute Gasteiger partial charge is 0.465 e. The van der Waals surface area contributed by atoms with E-state index in [9.17, 15) is 22.8 Å². The Bertz CT molecular complexity index is 484. The maximum atomic E-state index is 13.7. The van der Waals surface area contributed by atoms with Crippen LogP contribution in [-0.2, 0) is 9.47 Å². The number of carbonyl (C=O) groups is 2. The van der Waals surface area contributed by atoms with Gasteiger partial charge >= 0.3 is 11.9 Å². The molecule has 1 aromatic rings. The van der Waals surface area contributed by atoms with E-state index in [2.05, 4.69) is 25.4 Å². The van der Waals surface area contributed by atoms with Gasteiger partial charge in [-0.15, -0.1) is 0 Å². The van der Waals surface area contributed by atoms with E-state index in [1.807, 2.05) is 0 Å². The molecular formula is C10H6BrF3O4. The van der Waals surface area contributed by atoms with Crippen molar-refractivity contribution in [2.75, 3.05) is 14.2 Å². The van der Waals surface area contributed by atoms with Crippen LogP contribution in [0.15, 0.2) is 4.47 Å². The van der Waals surface area contributed by atoms with Crippen molar-refractivity contribution in [2.45, 2.75) is 0 Å². The number of benzene rings is 1. The van der Waals surface area contributed by atoms with Gasteiger partial charge in [0.2, 0.25) is 0 Å². The molecule has 0 aliphatic heterocycles. The molecule has 0 aromatic heterocycles. The monoisotopic (exact) mass is 326 g/mol. The molecule has 0 unspecified atom stereocenters. The van der Waals surface area contributed by atoms with E-state index in [4.69, 9.17) is 0 Å². The van der Waals surface area contributed by atoms with Gasteiger partial charge in [-0.25, -0.2) is 22.8 Å². The Balaban J connectivity index is 3.75. The van der Waals surface area contributed by atoms with E-state index in [-0.39, 0.29) is 0 Å².